The molecule has 0 spiro atoms. The molecule has 12 nitrogen and oxygen atoms in total. The first-order valence-electron chi connectivity index (χ1n) is 8.11. The van der Waals surface area contributed by atoms with Crippen LogP contribution in [0, 0.1) is 0 Å². The number of rotatable bonds is 7. The van der Waals surface area contributed by atoms with Gasteiger partial charge >= 0.3 is 5.69 Å². The van der Waals surface area contributed by atoms with Crippen LogP contribution in [0.4, 0.5) is 0 Å². The maximum Gasteiger partial charge on any atom is 0.330 e. The highest BCUT2D eigenvalue weighted by Crippen LogP contribution is 2.35. The van der Waals surface area contributed by atoms with Crippen molar-refractivity contribution in [3.63, 3.8) is 0 Å². The minimum Gasteiger partial charge on any atom is -0.394 e. The second-order valence-corrected chi connectivity index (χ2v) is 5.88. The first kappa shape index (κ1) is 17.9. The van der Waals surface area contributed by atoms with Gasteiger partial charge in [0.25, 0.3) is 5.56 Å². The predicted molar refractivity (Wildman–Crippen MR) is 88.3 cm³/mol. The van der Waals surface area contributed by atoms with Gasteiger partial charge in [-0.3, -0.25) is 14.3 Å². The van der Waals surface area contributed by atoms with E-state index in [-0.39, 0.29) is 12.6 Å². The number of nitrogens with zero attached hydrogens (tertiary/aromatic N) is 7. The van der Waals surface area contributed by atoms with Gasteiger partial charge in [-0.1, -0.05) is 10.3 Å². The number of aryl methyl sites for hydroxylation is 1. The van der Waals surface area contributed by atoms with E-state index >= 15 is 0 Å². The van der Waals surface area contributed by atoms with Gasteiger partial charge in [0.2, 0.25) is 0 Å². The van der Waals surface area contributed by atoms with E-state index < -0.39 is 23.6 Å². The van der Waals surface area contributed by atoms with Gasteiger partial charge in [0.15, 0.2) is 0 Å². The van der Waals surface area contributed by atoms with Crippen molar-refractivity contribution in [3.8, 4) is 0 Å². The molecule has 1 saturated heterocycles. The lowest BCUT2D eigenvalue weighted by molar-refractivity contribution is -0.0322. The summed E-state index contributed by atoms with van der Waals surface area (Å²) >= 11 is 0. The van der Waals surface area contributed by atoms with Crippen LogP contribution >= 0.6 is 0 Å². The third-order valence-corrected chi connectivity index (χ3v) is 4.20. The summed E-state index contributed by atoms with van der Waals surface area (Å²) in [4.78, 5) is 28.0. The summed E-state index contributed by atoms with van der Waals surface area (Å²) in [6.45, 7) is 0.137. The number of aromatic nitrogens is 5. The van der Waals surface area contributed by atoms with Gasteiger partial charge in [-0.25, -0.2) is 9.48 Å². The van der Waals surface area contributed by atoms with Gasteiger partial charge in [0.1, 0.15) is 12.3 Å². The highest BCUT2D eigenvalue weighted by molar-refractivity contribution is 4.97. The first-order valence-corrected chi connectivity index (χ1v) is 8.11. The molecule has 0 saturated carbocycles. The molecule has 1 fully saturated rings. The van der Waals surface area contributed by atoms with Crippen LogP contribution in [0.3, 0.4) is 0 Å². The number of hydrogen-bond acceptors (Lipinski definition) is 7. The van der Waals surface area contributed by atoms with E-state index in [1.807, 2.05) is 0 Å². The van der Waals surface area contributed by atoms with Crippen molar-refractivity contribution in [2.45, 2.75) is 37.6 Å². The van der Waals surface area contributed by atoms with Crippen molar-refractivity contribution < 1.29 is 9.84 Å². The molecule has 1 aliphatic heterocycles. The number of aliphatic hydroxyl groups excluding tert-OH is 1. The minimum atomic E-state index is -0.626. The molecular formula is C14H18N8O4. The molecule has 2 aromatic heterocycles. The fraction of sp³-hybridized carbons (Fsp3) is 0.571. The van der Waals surface area contributed by atoms with Crippen molar-refractivity contribution in [1.29, 1.82) is 0 Å². The first-order chi connectivity index (χ1) is 12.6. The zero-order chi connectivity index (χ0) is 18.5. The summed E-state index contributed by atoms with van der Waals surface area (Å²) in [6.07, 6.45) is 3.59. The van der Waals surface area contributed by atoms with Gasteiger partial charge in [0.05, 0.1) is 18.3 Å². The van der Waals surface area contributed by atoms with E-state index in [2.05, 4.69) is 25.3 Å². The number of azide groups is 1. The smallest absolute Gasteiger partial charge is 0.330 e. The standard InChI is InChI=1S/C14H18N8O4/c15-19-16-4-1-2-9-7-22(20-18-9)10-6-13(26-11(10)8-23)21-5-3-12(24)17-14(21)25/h3,5,7,10-11,13,23H,1-2,4,6,8H2,(H,17,24,25)/t10-,11+,13+/m0/s1. The molecule has 0 radical (unpaired) electrons. The van der Waals surface area contributed by atoms with Crippen LogP contribution in [0.2, 0.25) is 0 Å². The predicted octanol–water partition coefficient (Wildman–Crippen LogP) is -0.108. The van der Waals surface area contributed by atoms with Gasteiger partial charge in [-0.2, -0.15) is 0 Å². The van der Waals surface area contributed by atoms with Gasteiger partial charge in [-0.05, 0) is 18.4 Å². The monoisotopic (exact) mass is 362 g/mol. The number of nitrogens with one attached hydrogen (secondary N) is 1. The van der Waals surface area contributed by atoms with Crippen LogP contribution < -0.4 is 11.2 Å². The Labute approximate surface area is 146 Å². The Morgan fingerprint density at radius 3 is 3.08 bits per heavy atom. The van der Waals surface area contributed by atoms with E-state index in [0.717, 1.165) is 5.69 Å². The van der Waals surface area contributed by atoms with Crippen molar-refractivity contribution in [1.82, 2.24) is 24.5 Å². The Morgan fingerprint density at radius 1 is 1.50 bits per heavy atom. The summed E-state index contributed by atoms with van der Waals surface area (Å²) in [6, 6.07) is 0.936. The van der Waals surface area contributed by atoms with E-state index in [4.69, 9.17) is 10.3 Å². The summed E-state index contributed by atoms with van der Waals surface area (Å²) in [7, 11) is 0. The zero-order valence-electron chi connectivity index (χ0n) is 13.8. The molecular weight excluding hydrogens is 344 g/mol. The molecule has 0 aromatic carbocycles. The van der Waals surface area contributed by atoms with Crippen molar-refractivity contribution in [2.24, 2.45) is 5.11 Å². The molecule has 1 aliphatic rings. The summed E-state index contributed by atoms with van der Waals surface area (Å²) in [5.41, 5.74) is 7.94. The number of aromatic amines is 1. The highest BCUT2D eigenvalue weighted by Gasteiger charge is 2.38. The summed E-state index contributed by atoms with van der Waals surface area (Å²) in [5, 5.41) is 21.2. The Hall–Kier alpha value is -2.95. The molecule has 3 atom stereocenters. The van der Waals surface area contributed by atoms with E-state index in [1.165, 1.54) is 16.8 Å². The maximum absolute atomic E-state index is 11.9. The van der Waals surface area contributed by atoms with Crippen LogP contribution in [0.5, 0.6) is 0 Å². The van der Waals surface area contributed by atoms with Crippen molar-refractivity contribution >= 4 is 0 Å². The topological polar surface area (TPSA) is 164 Å². The van der Waals surface area contributed by atoms with Gasteiger partial charge in [-0.15, -0.1) is 5.10 Å². The molecule has 12 heteroatoms. The highest BCUT2D eigenvalue weighted by atomic mass is 16.5. The number of H-pyrrole nitrogens is 1. The molecule has 2 N–H and O–H groups in total. The fourth-order valence-electron chi connectivity index (χ4n) is 2.95. The Bertz CT molecular complexity index is 912. The normalized spacial score (nSPS) is 22.3. The lowest BCUT2D eigenvalue weighted by atomic mass is 10.1. The van der Waals surface area contributed by atoms with E-state index in [0.29, 0.717) is 25.8 Å². The molecule has 0 aliphatic carbocycles. The van der Waals surface area contributed by atoms with Crippen LogP contribution in [0.25, 0.3) is 10.4 Å². The van der Waals surface area contributed by atoms with Crippen molar-refractivity contribution in [2.75, 3.05) is 13.2 Å². The Balaban J connectivity index is 1.73. The largest absolute Gasteiger partial charge is 0.394 e. The fourth-order valence-corrected chi connectivity index (χ4v) is 2.95. The van der Waals surface area contributed by atoms with Gasteiger partial charge in [0, 0.05) is 36.3 Å². The minimum absolute atomic E-state index is 0.245. The summed E-state index contributed by atoms with van der Waals surface area (Å²) in [5.74, 6) is 0. The number of ether oxygens (including phenoxy) is 1. The third-order valence-electron chi connectivity index (χ3n) is 4.20. The molecule has 3 rings (SSSR count). The third kappa shape index (κ3) is 3.82. The molecule has 138 valence electrons. The van der Waals surface area contributed by atoms with Crippen LogP contribution in [0.1, 0.15) is 30.8 Å². The molecule has 0 amide bonds. The zero-order valence-corrected chi connectivity index (χ0v) is 13.8. The second-order valence-electron chi connectivity index (χ2n) is 5.88. The Morgan fingerprint density at radius 2 is 2.35 bits per heavy atom. The second kappa shape index (κ2) is 7.95. The summed E-state index contributed by atoms with van der Waals surface area (Å²) < 4.78 is 8.65. The number of hydrogen-bond donors (Lipinski definition) is 2. The van der Waals surface area contributed by atoms with Crippen LogP contribution in [-0.4, -0.2) is 48.9 Å². The van der Waals surface area contributed by atoms with Crippen LogP contribution in [-0.2, 0) is 11.2 Å². The molecule has 3 heterocycles. The van der Waals surface area contributed by atoms with E-state index in [1.54, 1.807) is 10.9 Å². The molecule has 0 unspecified atom stereocenters. The van der Waals surface area contributed by atoms with Gasteiger partial charge < -0.3 is 9.84 Å². The lowest BCUT2D eigenvalue weighted by Crippen LogP contribution is -2.31. The quantitative estimate of drug-likeness (QED) is 0.302. The number of aliphatic hydroxyl groups is 1. The van der Waals surface area contributed by atoms with Crippen molar-refractivity contribution in [3.05, 3.63) is 55.4 Å². The maximum atomic E-state index is 11.9. The lowest BCUT2D eigenvalue weighted by Gasteiger charge is -2.15. The average Bonchev–Trinajstić information content (AvgIpc) is 3.25. The molecule has 2 aromatic rings. The average molecular weight is 362 g/mol. The SMILES string of the molecule is [N-]=[N+]=NCCCc1cn([C@H]2C[C@H](n3ccc(=O)[nH]c3=O)O[C@@H]2CO)nn1. The van der Waals surface area contributed by atoms with Crippen LogP contribution in [0.15, 0.2) is 33.2 Å². The molecule has 26 heavy (non-hydrogen) atoms. The molecule has 0 bridgehead atoms. The van der Waals surface area contributed by atoms with E-state index in [9.17, 15) is 14.7 Å². The Kier molecular flexibility index (Phi) is 5.46.